The minimum atomic E-state index is -0.740. The number of aromatic nitrogens is 3. The first-order chi connectivity index (χ1) is 14.1. The summed E-state index contributed by atoms with van der Waals surface area (Å²) < 4.78 is 14.2. The van der Waals surface area contributed by atoms with E-state index in [-0.39, 0.29) is 12.3 Å². The number of halogens is 2. The Labute approximate surface area is 179 Å². The Bertz CT molecular complexity index is 939. The average molecular weight is 433 g/mol. The van der Waals surface area contributed by atoms with E-state index in [0.29, 0.717) is 29.8 Å². The maximum atomic E-state index is 6.57. The Kier molecular flexibility index (Phi) is 6.18. The lowest BCUT2D eigenvalue weighted by atomic mass is 9.87. The van der Waals surface area contributed by atoms with E-state index in [4.69, 9.17) is 32.7 Å². The van der Waals surface area contributed by atoms with Crippen LogP contribution in [0.5, 0.6) is 0 Å². The molecule has 4 rings (SSSR count). The number of benzene rings is 2. The van der Waals surface area contributed by atoms with Crippen molar-refractivity contribution in [1.82, 2.24) is 20.1 Å². The number of rotatable bonds is 7. The van der Waals surface area contributed by atoms with Crippen molar-refractivity contribution in [1.29, 1.82) is 0 Å². The molecule has 1 aromatic heterocycles. The highest BCUT2D eigenvalue weighted by atomic mass is 35.5. The Hall–Kier alpha value is -1.96. The molecule has 0 radical (unpaired) electrons. The molecule has 152 valence electrons. The molecule has 1 unspecified atom stereocenters. The van der Waals surface area contributed by atoms with Gasteiger partial charge in [0, 0.05) is 21.7 Å². The van der Waals surface area contributed by atoms with Gasteiger partial charge in [-0.3, -0.25) is 5.32 Å². The van der Waals surface area contributed by atoms with Crippen molar-refractivity contribution in [3.63, 3.8) is 0 Å². The minimum absolute atomic E-state index is 0.0456. The van der Waals surface area contributed by atoms with Gasteiger partial charge in [-0.05, 0) is 24.6 Å². The Morgan fingerprint density at radius 2 is 2.03 bits per heavy atom. The van der Waals surface area contributed by atoms with Crippen LogP contribution in [0.15, 0.2) is 61.2 Å². The SMILES string of the molecule is C[C@H]1NC(COCc2ccccc2)O[C@@]1(Cn1cncn1)c1ccc(Cl)cc1Cl. The molecule has 1 aliphatic heterocycles. The molecule has 0 aliphatic carbocycles. The standard InChI is InChI=1S/C21H22Cl2N4O2/c1-15-21(12-27-14-24-13-25-27,18-8-7-17(22)9-19(18)23)29-20(26-15)11-28-10-16-5-3-2-4-6-16/h2-9,13-15,20,26H,10-12H2,1H3/t15-,20?,21-/m1/s1. The zero-order valence-corrected chi connectivity index (χ0v) is 17.5. The van der Waals surface area contributed by atoms with Gasteiger partial charge in [0.2, 0.25) is 0 Å². The third-order valence-electron chi connectivity index (χ3n) is 5.12. The van der Waals surface area contributed by atoms with Crippen LogP contribution in [0.3, 0.4) is 0 Å². The van der Waals surface area contributed by atoms with Crippen molar-refractivity contribution in [2.45, 2.75) is 37.9 Å². The van der Waals surface area contributed by atoms with Crippen LogP contribution in [-0.4, -0.2) is 33.6 Å². The van der Waals surface area contributed by atoms with Crippen molar-refractivity contribution in [2.75, 3.05) is 6.61 Å². The molecule has 2 aromatic carbocycles. The molecule has 8 heteroatoms. The van der Waals surface area contributed by atoms with Crippen molar-refractivity contribution >= 4 is 23.2 Å². The topological polar surface area (TPSA) is 61.2 Å². The highest BCUT2D eigenvalue weighted by Crippen LogP contribution is 2.41. The van der Waals surface area contributed by atoms with Crippen LogP contribution in [0.2, 0.25) is 10.0 Å². The van der Waals surface area contributed by atoms with Crippen LogP contribution < -0.4 is 5.32 Å². The molecule has 1 N–H and O–H groups in total. The van der Waals surface area contributed by atoms with Gasteiger partial charge in [-0.1, -0.05) is 59.6 Å². The molecule has 1 aliphatic rings. The fourth-order valence-corrected chi connectivity index (χ4v) is 4.26. The van der Waals surface area contributed by atoms with Crippen LogP contribution in [-0.2, 0) is 28.2 Å². The minimum Gasteiger partial charge on any atom is -0.373 e. The smallest absolute Gasteiger partial charge is 0.137 e. The van der Waals surface area contributed by atoms with Crippen molar-refractivity contribution in [2.24, 2.45) is 0 Å². The van der Waals surface area contributed by atoms with Gasteiger partial charge >= 0.3 is 0 Å². The van der Waals surface area contributed by atoms with Crippen LogP contribution in [0.25, 0.3) is 0 Å². The van der Waals surface area contributed by atoms with Gasteiger partial charge in [-0.25, -0.2) is 9.67 Å². The third-order valence-corrected chi connectivity index (χ3v) is 5.67. The van der Waals surface area contributed by atoms with Gasteiger partial charge in [-0.2, -0.15) is 5.10 Å². The van der Waals surface area contributed by atoms with Gasteiger partial charge < -0.3 is 9.47 Å². The lowest BCUT2D eigenvalue weighted by molar-refractivity contribution is -0.0928. The summed E-state index contributed by atoms with van der Waals surface area (Å²) in [6, 6.07) is 15.5. The molecule has 29 heavy (non-hydrogen) atoms. The van der Waals surface area contributed by atoms with Gasteiger partial charge in [0.25, 0.3) is 0 Å². The number of ether oxygens (including phenoxy) is 2. The monoisotopic (exact) mass is 432 g/mol. The van der Waals surface area contributed by atoms with Crippen LogP contribution in [0.1, 0.15) is 18.1 Å². The predicted molar refractivity (Wildman–Crippen MR) is 112 cm³/mol. The predicted octanol–water partition coefficient (Wildman–Crippen LogP) is 4.03. The largest absolute Gasteiger partial charge is 0.373 e. The van der Waals surface area contributed by atoms with Gasteiger partial charge in [0.1, 0.15) is 24.5 Å². The van der Waals surface area contributed by atoms with Gasteiger partial charge in [-0.15, -0.1) is 0 Å². The van der Waals surface area contributed by atoms with Gasteiger partial charge in [0.05, 0.1) is 19.8 Å². The highest BCUT2D eigenvalue weighted by Gasteiger charge is 2.49. The molecular weight excluding hydrogens is 411 g/mol. The van der Waals surface area contributed by atoms with E-state index in [2.05, 4.69) is 22.3 Å². The average Bonchev–Trinajstić information content (AvgIpc) is 3.31. The zero-order valence-electron chi connectivity index (χ0n) is 16.0. The normalized spacial score (nSPS) is 24.1. The molecule has 3 atom stereocenters. The molecule has 0 amide bonds. The van der Waals surface area contributed by atoms with E-state index in [0.717, 1.165) is 11.1 Å². The van der Waals surface area contributed by atoms with Crippen LogP contribution in [0, 0.1) is 0 Å². The summed E-state index contributed by atoms with van der Waals surface area (Å²) in [6.45, 7) is 3.45. The molecule has 0 spiro atoms. The first-order valence-corrected chi connectivity index (χ1v) is 10.2. The Morgan fingerprint density at radius 1 is 1.21 bits per heavy atom. The Balaban J connectivity index is 1.54. The van der Waals surface area contributed by atoms with Crippen molar-refractivity contribution in [3.8, 4) is 0 Å². The van der Waals surface area contributed by atoms with Gasteiger partial charge in [0.15, 0.2) is 0 Å². The van der Waals surface area contributed by atoms with Crippen LogP contribution >= 0.6 is 23.2 Å². The van der Waals surface area contributed by atoms with E-state index in [1.54, 1.807) is 17.1 Å². The molecule has 2 heterocycles. The van der Waals surface area contributed by atoms with E-state index in [1.165, 1.54) is 6.33 Å². The highest BCUT2D eigenvalue weighted by molar-refractivity contribution is 6.35. The molecule has 1 saturated heterocycles. The summed E-state index contributed by atoms with van der Waals surface area (Å²) >= 11 is 12.7. The summed E-state index contributed by atoms with van der Waals surface area (Å²) in [5.74, 6) is 0. The number of nitrogens with one attached hydrogen (secondary N) is 1. The number of hydrogen-bond donors (Lipinski definition) is 1. The second kappa shape index (κ2) is 8.81. The molecule has 6 nitrogen and oxygen atoms in total. The van der Waals surface area contributed by atoms with Crippen molar-refractivity contribution in [3.05, 3.63) is 82.4 Å². The Morgan fingerprint density at radius 3 is 2.76 bits per heavy atom. The fraction of sp³-hybridized carbons (Fsp3) is 0.333. The summed E-state index contributed by atoms with van der Waals surface area (Å²) in [5, 5.41) is 8.87. The molecule has 0 bridgehead atoms. The lowest BCUT2D eigenvalue weighted by Crippen LogP contribution is -2.43. The summed E-state index contributed by atoms with van der Waals surface area (Å²) in [5.41, 5.74) is 1.23. The summed E-state index contributed by atoms with van der Waals surface area (Å²) in [7, 11) is 0. The van der Waals surface area contributed by atoms with E-state index < -0.39 is 5.60 Å². The second-order valence-electron chi connectivity index (χ2n) is 7.10. The summed E-state index contributed by atoms with van der Waals surface area (Å²) in [6.07, 6.45) is 2.88. The number of hydrogen-bond acceptors (Lipinski definition) is 5. The van der Waals surface area contributed by atoms with E-state index in [1.807, 2.05) is 42.5 Å². The lowest BCUT2D eigenvalue weighted by Gasteiger charge is -2.33. The first kappa shape index (κ1) is 20.3. The van der Waals surface area contributed by atoms with Crippen LogP contribution in [0.4, 0.5) is 0 Å². The third kappa shape index (κ3) is 4.47. The van der Waals surface area contributed by atoms with Crippen molar-refractivity contribution < 1.29 is 9.47 Å². The maximum Gasteiger partial charge on any atom is 0.137 e. The van der Waals surface area contributed by atoms with E-state index in [9.17, 15) is 0 Å². The first-order valence-electron chi connectivity index (χ1n) is 9.40. The van der Waals surface area contributed by atoms with E-state index >= 15 is 0 Å². The number of nitrogens with zero attached hydrogens (tertiary/aromatic N) is 3. The fourth-order valence-electron chi connectivity index (χ4n) is 3.69. The summed E-state index contributed by atoms with van der Waals surface area (Å²) in [4.78, 5) is 4.05. The molecular formula is C21H22Cl2N4O2. The quantitative estimate of drug-likeness (QED) is 0.610. The second-order valence-corrected chi connectivity index (χ2v) is 7.95. The zero-order chi connectivity index (χ0) is 20.3. The molecule has 0 saturated carbocycles. The molecule has 1 fully saturated rings. The molecule has 3 aromatic rings. The maximum absolute atomic E-state index is 6.57.